The first-order chi connectivity index (χ1) is 8.65. The van der Waals surface area contributed by atoms with Crippen LogP contribution in [0.15, 0.2) is 24.3 Å². The molecule has 0 radical (unpaired) electrons. The molecular formula is C16H28N2. The lowest BCUT2D eigenvalue weighted by Crippen LogP contribution is -2.23. The maximum absolute atomic E-state index is 3.37. The molecule has 0 aromatic heterocycles. The van der Waals surface area contributed by atoms with E-state index < -0.39 is 0 Å². The van der Waals surface area contributed by atoms with Crippen molar-refractivity contribution in [2.45, 2.75) is 40.3 Å². The standard InChI is InChI=1S/C16H28N2/c1-5-14(3)12-18(4)13-16-9-7-8-15(10-16)11-17-6-2/h7-10,14,17H,5-6,11-13H2,1-4H3. The highest BCUT2D eigenvalue weighted by atomic mass is 15.1. The van der Waals surface area contributed by atoms with E-state index in [0.29, 0.717) is 0 Å². The van der Waals surface area contributed by atoms with Gasteiger partial charge in [0, 0.05) is 19.6 Å². The topological polar surface area (TPSA) is 15.3 Å². The number of hydrogen-bond acceptors (Lipinski definition) is 2. The molecule has 1 unspecified atom stereocenters. The summed E-state index contributed by atoms with van der Waals surface area (Å²) in [6.45, 7) is 10.9. The zero-order chi connectivity index (χ0) is 13.4. The van der Waals surface area contributed by atoms with Crippen LogP contribution in [0.4, 0.5) is 0 Å². The Hall–Kier alpha value is -0.860. The molecular weight excluding hydrogens is 220 g/mol. The summed E-state index contributed by atoms with van der Waals surface area (Å²) in [5, 5.41) is 3.37. The van der Waals surface area contributed by atoms with Gasteiger partial charge in [0.25, 0.3) is 0 Å². The molecule has 0 bridgehead atoms. The average Bonchev–Trinajstić information content (AvgIpc) is 2.36. The van der Waals surface area contributed by atoms with Crippen molar-refractivity contribution in [3.63, 3.8) is 0 Å². The van der Waals surface area contributed by atoms with Gasteiger partial charge in [-0.2, -0.15) is 0 Å². The van der Waals surface area contributed by atoms with Crippen molar-refractivity contribution in [2.24, 2.45) is 5.92 Å². The molecule has 0 aliphatic carbocycles. The molecule has 0 aliphatic rings. The molecule has 0 fully saturated rings. The Bertz CT molecular complexity index is 336. The van der Waals surface area contributed by atoms with Gasteiger partial charge in [0.05, 0.1) is 0 Å². The summed E-state index contributed by atoms with van der Waals surface area (Å²) in [6, 6.07) is 8.90. The third-order valence-electron chi connectivity index (χ3n) is 3.34. The van der Waals surface area contributed by atoms with Gasteiger partial charge >= 0.3 is 0 Å². The van der Waals surface area contributed by atoms with Crippen LogP contribution in [0, 0.1) is 5.92 Å². The highest BCUT2D eigenvalue weighted by molar-refractivity contribution is 5.23. The van der Waals surface area contributed by atoms with Crippen molar-refractivity contribution in [3.05, 3.63) is 35.4 Å². The van der Waals surface area contributed by atoms with Crippen LogP contribution in [0.2, 0.25) is 0 Å². The van der Waals surface area contributed by atoms with Gasteiger partial charge in [-0.25, -0.2) is 0 Å². The lowest BCUT2D eigenvalue weighted by atomic mass is 10.1. The molecule has 1 aromatic rings. The van der Waals surface area contributed by atoms with E-state index in [1.807, 2.05) is 0 Å². The Morgan fingerprint density at radius 2 is 1.94 bits per heavy atom. The molecule has 1 rings (SSSR count). The van der Waals surface area contributed by atoms with Gasteiger partial charge in [0.2, 0.25) is 0 Å². The molecule has 0 amide bonds. The van der Waals surface area contributed by atoms with Gasteiger partial charge in [-0.05, 0) is 30.6 Å². The minimum Gasteiger partial charge on any atom is -0.313 e. The van der Waals surface area contributed by atoms with Gasteiger partial charge < -0.3 is 10.2 Å². The molecule has 2 nitrogen and oxygen atoms in total. The van der Waals surface area contributed by atoms with E-state index in [4.69, 9.17) is 0 Å². The number of nitrogens with zero attached hydrogens (tertiary/aromatic N) is 1. The molecule has 0 spiro atoms. The fourth-order valence-corrected chi connectivity index (χ4v) is 2.14. The van der Waals surface area contributed by atoms with Crippen LogP contribution in [0.1, 0.15) is 38.3 Å². The molecule has 0 heterocycles. The lowest BCUT2D eigenvalue weighted by molar-refractivity contribution is 0.275. The molecule has 0 aliphatic heterocycles. The quantitative estimate of drug-likeness (QED) is 0.759. The van der Waals surface area contributed by atoms with Crippen LogP contribution >= 0.6 is 0 Å². The maximum atomic E-state index is 3.37. The zero-order valence-electron chi connectivity index (χ0n) is 12.4. The summed E-state index contributed by atoms with van der Waals surface area (Å²) in [4.78, 5) is 2.42. The van der Waals surface area contributed by atoms with Crippen molar-refractivity contribution >= 4 is 0 Å². The van der Waals surface area contributed by atoms with E-state index in [1.165, 1.54) is 24.1 Å². The summed E-state index contributed by atoms with van der Waals surface area (Å²) in [5.74, 6) is 0.778. The number of benzene rings is 1. The average molecular weight is 248 g/mol. The Kier molecular flexibility index (Phi) is 6.99. The molecule has 0 saturated heterocycles. The van der Waals surface area contributed by atoms with Crippen LogP contribution in [0.25, 0.3) is 0 Å². The van der Waals surface area contributed by atoms with Gasteiger partial charge in [-0.3, -0.25) is 0 Å². The maximum Gasteiger partial charge on any atom is 0.0230 e. The minimum atomic E-state index is 0.778. The third-order valence-corrected chi connectivity index (χ3v) is 3.34. The van der Waals surface area contributed by atoms with Crippen molar-refractivity contribution in [1.29, 1.82) is 0 Å². The molecule has 18 heavy (non-hydrogen) atoms. The van der Waals surface area contributed by atoms with E-state index in [1.54, 1.807) is 0 Å². The van der Waals surface area contributed by atoms with Gasteiger partial charge in [0.1, 0.15) is 0 Å². The SMILES string of the molecule is CCNCc1cccc(CN(C)CC(C)CC)c1. The number of nitrogens with one attached hydrogen (secondary N) is 1. The summed E-state index contributed by atoms with van der Waals surface area (Å²) in [7, 11) is 2.21. The predicted molar refractivity (Wildman–Crippen MR) is 79.6 cm³/mol. The predicted octanol–water partition coefficient (Wildman–Crippen LogP) is 3.27. The second-order valence-electron chi connectivity index (χ2n) is 5.31. The van der Waals surface area contributed by atoms with Gasteiger partial charge in [-0.1, -0.05) is 51.5 Å². The van der Waals surface area contributed by atoms with Gasteiger partial charge in [0.15, 0.2) is 0 Å². The second-order valence-corrected chi connectivity index (χ2v) is 5.31. The normalized spacial score (nSPS) is 12.9. The third kappa shape index (κ3) is 5.65. The van der Waals surface area contributed by atoms with E-state index in [0.717, 1.165) is 25.6 Å². The van der Waals surface area contributed by atoms with Crippen molar-refractivity contribution in [3.8, 4) is 0 Å². The van der Waals surface area contributed by atoms with E-state index in [2.05, 4.69) is 62.3 Å². The molecule has 102 valence electrons. The van der Waals surface area contributed by atoms with Gasteiger partial charge in [-0.15, -0.1) is 0 Å². The summed E-state index contributed by atoms with van der Waals surface area (Å²) >= 11 is 0. The Morgan fingerprint density at radius 3 is 2.61 bits per heavy atom. The Balaban J connectivity index is 2.50. The summed E-state index contributed by atoms with van der Waals surface area (Å²) in [5.41, 5.74) is 2.79. The van der Waals surface area contributed by atoms with Crippen molar-refractivity contribution < 1.29 is 0 Å². The van der Waals surface area contributed by atoms with Crippen molar-refractivity contribution in [2.75, 3.05) is 20.1 Å². The largest absolute Gasteiger partial charge is 0.313 e. The highest BCUT2D eigenvalue weighted by Crippen LogP contribution is 2.10. The van der Waals surface area contributed by atoms with Crippen LogP contribution in [-0.4, -0.2) is 25.0 Å². The van der Waals surface area contributed by atoms with Crippen LogP contribution in [-0.2, 0) is 13.1 Å². The van der Waals surface area contributed by atoms with E-state index in [-0.39, 0.29) is 0 Å². The summed E-state index contributed by atoms with van der Waals surface area (Å²) in [6.07, 6.45) is 1.25. The molecule has 1 atom stereocenters. The molecule has 2 heteroatoms. The van der Waals surface area contributed by atoms with Crippen LogP contribution < -0.4 is 5.32 Å². The number of hydrogen-bond donors (Lipinski definition) is 1. The Labute approximate surface area is 112 Å². The monoisotopic (exact) mass is 248 g/mol. The molecule has 1 N–H and O–H groups in total. The first-order valence-corrected chi connectivity index (χ1v) is 7.12. The van der Waals surface area contributed by atoms with E-state index in [9.17, 15) is 0 Å². The first-order valence-electron chi connectivity index (χ1n) is 7.12. The Morgan fingerprint density at radius 1 is 1.22 bits per heavy atom. The molecule has 1 aromatic carbocycles. The first kappa shape index (κ1) is 15.2. The fraction of sp³-hybridized carbons (Fsp3) is 0.625. The minimum absolute atomic E-state index is 0.778. The lowest BCUT2D eigenvalue weighted by Gasteiger charge is -2.20. The molecule has 0 saturated carbocycles. The number of rotatable bonds is 8. The van der Waals surface area contributed by atoms with Crippen LogP contribution in [0.5, 0.6) is 0 Å². The van der Waals surface area contributed by atoms with E-state index >= 15 is 0 Å². The zero-order valence-corrected chi connectivity index (χ0v) is 12.4. The second kappa shape index (κ2) is 8.28. The van der Waals surface area contributed by atoms with Crippen LogP contribution in [0.3, 0.4) is 0 Å². The van der Waals surface area contributed by atoms with Crippen molar-refractivity contribution in [1.82, 2.24) is 10.2 Å². The fourth-order valence-electron chi connectivity index (χ4n) is 2.14. The highest BCUT2D eigenvalue weighted by Gasteiger charge is 2.05. The smallest absolute Gasteiger partial charge is 0.0230 e. The summed E-state index contributed by atoms with van der Waals surface area (Å²) < 4.78 is 0.